The van der Waals surface area contributed by atoms with Crippen LogP contribution in [0.15, 0.2) is 52.5 Å². The molecule has 4 rings (SSSR count). The molecule has 178 valence electrons. The second-order valence-electron chi connectivity index (χ2n) is 8.67. The monoisotopic (exact) mass is 487 g/mol. The number of sulfonamides is 1. The predicted octanol–water partition coefficient (Wildman–Crippen LogP) is 5.87. The number of hydrogen-bond donors (Lipinski definition) is 0. The third-order valence-corrected chi connectivity index (χ3v) is 9.26. The Morgan fingerprint density at radius 3 is 2.55 bits per heavy atom. The highest BCUT2D eigenvalue weighted by Crippen LogP contribution is 2.38. The first kappa shape index (κ1) is 24.1. The van der Waals surface area contributed by atoms with E-state index in [1.54, 1.807) is 38.1 Å². The van der Waals surface area contributed by atoms with Gasteiger partial charge in [0.2, 0.25) is 10.0 Å². The van der Waals surface area contributed by atoms with Gasteiger partial charge in [-0.05, 0) is 55.2 Å². The number of aromatic nitrogens is 2. The highest BCUT2D eigenvalue weighted by molar-refractivity contribution is 7.98. The van der Waals surface area contributed by atoms with E-state index in [1.807, 2.05) is 18.2 Å². The Morgan fingerprint density at radius 1 is 1.15 bits per heavy atom. The van der Waals surface area contributed by atoms with Gasteiger partial charge in [-0.3, -0.25) is 0 Å². The molecule has 1 aromatic heterocycles. The molecule has 0 aliphatic heterocycles. The van der Waals surface area contributed by atoms with Crippen molar-refractivity contribution in [1.29, 1.82) is 0 Å². The molecule has 0 spiro atoms. The fourth-order valence-corrected chi connectivity index (χ4v) is 6.65. The molecule has 0 N–H and O–H groups in total. The summed E-state index contributed by atoms with van der Waals surface area (Å²) in [6, 6.07) is 13.9. The average Bonchev–Trinajstić information content (AvgIpc) is 3.48. The molecule has 1 aliphatic carbocycles. The van der Waals surface area contributed by atoms with Crippen molar-refractivity contribution < 1.29 is 13.2 Å². The van der Waals surface area contributed by atoms with Crippen molar-refractivity contribution in [3.8, 4) is 5.75 Å². The number of methoxy groups -OCH3 is 1. The maximum Gasteiger partial charge on any atom is 0.242 e. The summed E-state index contributed by atoms with van der Waals surface area (Å²) >= 11 is 1.71. The third kappa shape index (κ3) is 5.23. The van der Waals surface area contributed by atoms with Crippen LogP contribution in [0.5, 0.6) is 5.75 Å². The quantitative estimate of drug-likeness (QED) is 0.335. The minimum atomic E-state index is -3.52. The summed E-state index contributed by atoms with van der Waals surface area (Å²) in [4.78, 5) is 5.24. The standard InChI is InChI=1S/C25H33N3O3S2/c1-4-5-16-27(2)33(29,30)22-14-15-24-23(17-22)26-25(28(24)20-8-6-7-9-20)32-18-19-10-12-21(31-3)13-11-19/h10-15,17,20H,4-9,16,18H2,1-3H3. The van der Waals surface area contributed by atoms with Gasteiger partial charge in [-0.1, -0.05) is 50.1 Å². The van der Waals surface area contributed by atoms with Gasteiger partial charge in [0.05, 0.1) is 23.0 Å². The normalized spacial score (nSPS) is 15.0. The predicted molar refractivity (Wildman–Crippen MR) is 135 cm³/mol. The summed E-state index contributed by atoms with van der Waals surface area (Å²) in [6.07, 6.45) is 6.53. The summed E-state index contributed by atoms with van der Waals surface area (Å²) in [5, 5.41) is 0.960. The lowest BCUT2D eigenvalue weighted by molar-refractivity contribution is 0.414. The first-order chi connectivity index (χ1) is 15.9. The zero-order chi connectivity index (χ0) is 23.4. The topological polar surface area (TPSA) is 64.4 Å². The van der Waals surface area contributed by atoms with Crippen molar-refractivity contribution >= 4 is 32.8 Å². The van der Waals surface area contributed by atoms with Crippen molar-refractivity contribution in [3.05, 3.63) is 48.0 Å². The van der Waals surface area contributed by atoms with E-state index in [4.69, 9.17) is 9.72 Å². The van der Waals surface area contributed by atoms with Crippen LogP contribution in [0, 0.1) is 0 Å². The van der Waals surface area contributed by atoms with Crippen molar-refractivity contribution in [2.45, 2.75) is 67.3 Å². The van der Waals surface area contributed by atoms with E-state index in [0.29, 0.717) is 17.5 Å². The number of benzene rings is 2. The zero-order valence-corrected chi connectivity index (χ0v) is 21.3. The molecule has 0 amide bonds. The first-order valence-electron chi connectivity index (χ1n) is 11.7. The highest BCUT2D eigenvalue weighted by Gasteiger charge is 2.25. The third-order valence-electron chi connectivity index (χ3n) is 6.38. The number of fused-ring (bicyclic) bond motifs is 1. The largest absolute Gasteiger partial charge is 0.497 e. The molecule has 0 saturated heterocycles. The molecule has 33 heavy (non-hydrogen) atoms. The van der Waals surface area contributed by atoms with Crippen LogP contribution in [0.1, 0.15) is 57.1 Å². The van der Waals surface area contributed by atoms with E-state index < -0.39 is 10.0 Å². The molecule has 1 heterocycles. The average molecular weight is 488 g/mol. The van der Waals surface area contributed by atoms with Gasteiger partial charge >= 0.3 is 0 Å². The maximum absolute atomic E-state index is 13.1. The van der Waals surface area contributed by atoms with Gasteiger partial charge in [0.15, 0.2) is 5.16 Å². The van der Waals surface area contributed by atoms with Gasteiger partial charge in [-0.2, -0.15) is 0 Å². The van der Waals surface area contributed by atoms with Crippen LogP contribution in [0.25, 0.3) is 11.0 Å². The fourth-order valence-electron chi connectivity index (χ4n) is 4.38. The molecular weight excluding hydrogens is 454 g/mol. The summed E-state index contributed by atoms with van der Waals surface area (Å²) in [5.41, 5.74) is 2.98. The number of hydrogen-bond acceptors (Lipinski definition) is 5. The SMILES string of the molecule is CCCCN(C)S(=O)(=O)c1ccc2c(c1)nc(SCc1ccc(OC)cc1)n2C1CCCC1. The van der Waals surface area contributed by atoms with Gasteiger partial charge in [0.25, 0.3) is 0 Å². The number of imidazole rings is 1. The van der Waals surface area contributed by atoms with Crippen molar-refractivity contribution in [1.82, 2.24) is 13.9 Å². The Hall–Kier alpha value is -2.03. The number of rotatable bonds is 10. The van der Waals surface area contributed by atoms with Gasteiger partial charge in [-0.15, -0.1) is 0 Å². The molecule has 0 bridgehead atoms. The van der Waals surface area contributed by atoms with Crippen molar-refractivity contribution in [3.63, 3.8) is 0 Å². The fraction of sp³-hybridized carbons (Fsp3) is 0.480. The Labute approximate surface area is 201 Å². The molecule has 0 atom stereocenters. The molecule has 1 aliphatic rings. The van der Waals surface area contributed by atoms with E-state index in [-0.39, 0.29) is 0 Å². The Morgan fingerprint density at radius 2 is 1.88 bits per heavy atom. The van der Waals surface area contributed by atoms with Crippen LogP contribution >= 0.6 is 11.8 Å². The molecule has 0 unspecified atom stereocenters. The maximum atomic E-state index is 13.1. The van der Waals surface area contributed by atoms with Crippen LogP contribution in [-0.2, 0) is 15.8 Å². The molecule has 3 aromatic rings. The lowest BCUT2D eigenvalue weighted by atomic mass is 10.2. The van der Waals surface area contributed by atoms with Crippen LogP contribution in [0.2, 0.25) is 0 Å². The minimum Gasteiger partial charge on any atom is -0.497 e. The molecule has 0 radical (unpaired) electrons. The Balaban J connectivity index is 1.65. The van der Waals surface area contributed by atoms with E-state index in [9.17, 15) is 8.42 Å². The van der Waals surface area contributed by atoms with Gasteiger partial charge in [-0.25, -0.2) is 17.7 Å². The zero-order valence-electron chi connectivity index (χ0n) is 19.7. The van der Waals surface area contributed by atoms with Crippen LogP contribution < -0.4 is 4.74 Å². The van der Waals surface area contributed by atoms with E-state index >= 15 is 0 Å². The number of thioether (sulfide) groups is 1. The number of nitrogens with zero attached hydrogens (tertiary/aromatic N) is 3. The lowest BCUT2D eigenvalue weighted by Gasteiger charge is -2.18. The van der Waals surface area contributed by atoms with Gasteiger partial charge < -0.3 is 9.30 Å². The molecular formula is C25H33N3O3S2. The van der Waals surface area contributed by atoms with Gasteiger partial charge in [0.1, 0.15) is 5.75 Å². The molecule has 2 aromatic carbocycles. The second kappa shape index (κ2) is 10.5. The number of ether oxygens (including phenoxy) is 1. The molecule has 1 fully saturated rings. The summed E-state index contributed by atoms with van der Waals surface area (Å²) < 4.78 is 35.2. The minimum absolute atomic E-state index is 0.316. The van der Waals surface area contributed by atoms with Crippen molar-refractivity contribution in [2.24, 2.45) is 0 Å². The van der Waals surface area contributed by atoms with Crippen LogP contribution in [0.4, 0.5) is 0 Å². The van der Waals surface area contributed by atoms with Crippen LogP contribution in [0.3, 0.4) is 0 Å². The summed E-state index contributed by atoms with van der Waals surface area (Å²) in [5.74, 6) is 1.64. The smallest absolute Gasteiger partial charge is 0.242 e. The van der Waals surface area contributed by atoms with E-state index in [2.05, 4.69) is 23.6 Å². The van der Waals surface area contributed by atoms with E-state index in [0.717, 1.165) is 53.4 Å². The van der Waals surface area contributed by atoms with Crippen molar-refractivity contribution in [2.75, 3.05) is 20.7 Å². The Kier molecular flexibility index (Phi) is 7.66. The lowest BCUT2D eigenvalue weighted by Crippen LogP contribution is -2.27. The molecule has 6 nitrogen and oxygen atoms in total. The molecule has 8 heteroatoms. The van der Waals surface area contributed by atoms with Gasteiger partial charge in [0, 0.05) is 25.4 Å². The Bertz CT molecular complexity index is 1180. The summed E-state index contributed by atoms with van der Waals surface area (Å²) in [7, 11) is -0.196. The second-order valence-corrected chi connectivity index (χ2v) is 11.7. The van der Waals surface area contributed by atoms with Crippen LogP contribution in [-0.4, -0.2) is 43.0 Å². The number of unbranched alkanes of at least 4 members (excludes halogenated alkanes) is 1. The highest BCUT2D eigenvalue weighted by atomic mass is 32.2. The molecule has 1 saturated carbocycles. The first-order valence-corrected chi connectivity index (χ1v) is 14.1. The van der Waals surface area contributed by atoms with E-state index in [1.165, 1.54) is 22.7 Å². The summed E-state index contributed by atoms with van der Waals surface area (Å²) in [6.45, 7) is 2.59.